The van der Waals surface area contributed by atoms with Crippen LogP contribution in [0.15, 0.2) is 35.7 Å². The van der Waals surface area contributed by atoms with Gasteiger partial charge in [0.05, 0.1) is 13.7 Å². The van der Waals surface area contributed by atoms with E-state index in [2.05, 4.69) is 11.8 Å². The van der Waals surface area contributed by atoms with Crippen molar-refractivity contribution in [2.45, 2.75) is 13.0 Å². The summed E-state index contributed by atoms with van der Waals surface area (Å²) < 4.78 is 10.8. The molecule has 1 heterocycles. The highest BCUT2D eigenvalue weighted by Crippen LogP contribution is 2.20. The number of benzene rings is 1. The molecule has 1 aromatic carbocycles. The zero-order valence-electron chi connectivity index (χ0n) is 11.3. The molecule has 0 aliphatic heterocycles. The SMILES string of the molecule is COc1ccc(OCc2cc(C#CCCO)cs2)cc1. The van der Waals surface area contributed by atoms with Crippen LogP contribution in [0.4, 0.5) is 0 Å². The second-order valence-electron chi connectivity index (χ2n) is 4.04. The monoisotopic (exact) mass is 288 g/mol. The van der Waals surface area contributed by atoms with E-state index in [9.17, 15) is 0 Å². The van der Waals surface area contributed by atoms with Crippen LogP contribution in [0.1, 0.15) is 16.9 Å². The molecule has 1 N–H and O–H groups in total. The van der Waals surface area contributed by atoms with E-state index in [1.54, 1.807) is 18.4 Å². The topological polar surface area (TPSA) is 38.7 Å². The first-order chi connectivity index (χ1) is 9.81. The van der Waals surface area contributed by atoms with Crippen LogP contribution < -0.4 is 9.47 Å². The number of aliphatic hydroxyl groups excluding tert-OH is 1. The summed E-state index contributed by atoms with van der Waals surface area (Å²) in [5, 5.41) is 10.7. The molecule has 0 spiro atoms. The molecule has 0 atom stereocenters. The van der Waals surface area contributed by atoms with Gasteiger partial charge in [-0.3, -0.25) is 0 Å². The molecule has 20 heavy (non-hydrogen) atoms. The fourth-order valence-electron chi connectivity index (χ4n) is 1.57. The summed E-state index contributed by atoms with van der Waals surface area (Å²) in [5.41, 5.74) is 0.969. The second-order valence-corrected chi connectivity index (χ2v) is 5.04. The third-order valence-corrected chi connectivity index (χ3v) is 3.47. The lowest BCUT2D eigenvalue weighted by Crippen LogP contribution is -1.92. The first-order valence-electron chi connectivity index (χ1n) is 6.26. The molecular weight excluding hydrogens is 272 g/mol. The summed E-state index contributed by atoms with van der Waals surface area (Å²) in [6.45, 7) is 0.628. The van der Waals surface area contributed by atoms with Gasteiger partial charge in [-0.25, -0.2) is 0 Å². The van der Waals surface area contributed by atoms with Crippen LogP contribution in [0.25, 0.3) is 0 Å². The zero-order valence-corrected chi connectivity index (χ0v) is 12.1. The third-order valence-electron chi connectivity index (χ3n) is 2.56. The molecule has 2 aromatic rings. The van der Waals surface area contributed by atoms with Crippen molar-refractivity contribution in [3.05, 3.63) is 46.2 Å². The van der Waals surface area contributed by atoms with Gasteiger partial charge in [-0.1, -0.05) is 11.8 Å². The van der Waals surface area contributed by atoms with E-state index in [0.717, 1.165) is 21.9 Å². The Morgan fingerprint density at radius 3 is 2.65 bits per heavy atom. The number of hydrogen-bond acceptors (Lipinski definition) is 4. The molecule has 0 bridgehead atoms. The van der Waals surface area contributed by atoms with Crippen LogP contribution in [0.3, 0.4) is 0 Å². The average Bonchev–Trinajstić information content (AvgIpc) is 2.94. The van der Waals surface area contributed by atoms with Crippen molar-refractivity contribution in [2.24, 2.45) is 0 Å². The minimum Gasteiger partial charge on any atom is -0.497 e. The Kier molecular flexibility index (Phi) is 5.48. The van der Waals surface area contributed by atoms with E-state index in [1.165, 1.54) is 0 Å². The maximum absolute atomic E-state index is 8.67. The number of hydrogen-bond donors (Lipinski definition) is 1. The molecular formula is C16H16O3S. The molecule has 0 fully saturated rings. The second kappa shape index (κ2) is 7.59. The molecule has 0 aliphatic carbocycles. The lowest BCUT2D eigenvalue weighted by atomic mass is 10.3. The van der Waals surface area contributed by atoms with Gasteiger partial charge in [-0.15, -0.1) is 11.3 Å². The van der Waals surface area contributed by atoms with Crippen molar-refractivity contribution in [1.29, 1.82) is 0 Å². The fourth-order valence-corrected chi connectivity index (χ4v) is 2.30. The van der Waals surface area contributed by atoms with Crippen LogP contribution >= 0.6 is 11.3 Å². The van der Waals surface area contributed by atoms with E-state index in [4.69, 9.17) is 14.6 Å². The predicted octanol–water partition coefficient (Wildman–Crippen LogP) is 3.07. The maximum Gasteiger partial charge on any atom is 0.122 e. The first kappa shape index (κ1) is 14.4. The van der Waals surface area contributed by atoms with Crippen molar-refractivity contribution < 1.29 is 14.6 Å². The molecule has 0 aliphatic rings. The molecule has 0 amide bonds. The lowest BCUT2D eigenvalue weighted by molar-refractivity contribution is 0.305. The summed E-state index contributed by atoms with van der Waals surface area (Å²) in [7, 11) is 1.64. The summed E-state index contributed by atoms with van der Waals surface area (Å²) in [5.74, 6) is 7.54. The highest BCUT2D eigenvalue weighted by atomic mass is 32.1. The Balaban J connectivity index is 1.89. The van der Waals surface area contributed by atoms with Crippen LogP contribution in [-0.2, 0) is 6.61 Å². The zero-order chi connectivity index (χ0) is 14.2. The summed E-state index contributed by atoms with van der Waals surface area (Å²) >= 11 is 1.62. The molecule has 0 radical (unpaired) electrons. The molecule has 1 aromatic heterocycles. The average molecular weight is 288 g/mol. The van der Waals surface area contributed by atoms with Gasteiger partial charge in [0, 0.05) is 22.2 Å². The summed E-state index contributed by atoms with van der Waals surface area (Å²) in [6.07, 6.45) is 0.507. The van der Waals surface area contributed by atoms with Crippen LogP contribution in [0.2, 0.25) is 0 Å². The Morgan fingerprint density at radius 1 is 1.20 bits per heavy atom. The first-order valence-corrected chi connectivity index (χ1v) is 7.14. The lowest BCUT2D eigenvalue weighted by Gasteiger charge is -2.05. The van der Waals surface area contributed by atoms with Crippen LogP contribution in [0.5, 0.6) is 11.5 Å². The minimum atomic E-state index is 0.102. The van der Waals surface area contributed by atoms with Crippen molar-refractivity contribution in [2.75, 3.05) is 13.7 Å². The number of thiophene rings is 1. The maximum atomic E-state index is 8.67. The van der Waals surface area contributed by atoms with Gasteiger partial charge >= 0.3 is 0 Å². The van der Waals surface area contributed by atoms with E-state index >= 15 is 0 Å². The van der Waals surface area contributed by atoms with E-state index in [0.29, 0.717) is 13.0 Å². The molecule has 2 rings (SSSR count). The summed E-state index contributed by atoms with van der Waals surface area (Å²) in [6, 6.07) is 9.52. The van der Waals surface area contributed by atoms with Crippen molar-refractivity contribution in [3.63, 3.8) is 0 Å². The van der Waals surface area contributed by atoms with Crippen LogP contribution in [0, 0.1) is 11.8 Å². The normalized spacial score (nSPS) is 9.70. The van der Waals surface area contributed by atoms with Crippen molar-refractivity contribution >= 4 is 11.3 Å². The van der Waals surface area contributed by atoms with E-state index < -0.39 is 0 Å². The highest BCUT2D eigenvalue weighted by molar-refractivity contribution is 7.10. The molecule has 4 heteroatoms. The van der Waals surface area contributed by atoms with Crippen molar-refractivity contribution in [1.82, 2.24) is 0 Å². The van der Waals surface area contributed by atoms with Gasteiger partial charge in [-0.05, 0) is 30.3 Å². The Bertz CT molecular complexity index is 590. The largest absolute Gasteiger partial charge is 0.497 e. The minimum absolute atomic E-state index is 0.102. The van der Waals surface area contributed by atoms with Gasteiger partial charge in [0.15, 0.2) is 0 Å². The molecule has 104 valence electrons. The molecule has 0 saturated carbocycles. The summed E-state index contributed by atoms with van der Waals surface area (Å²) in [4.78, 5) is 1.12. The van der Waals surface area contributed by atoms with Gasteiger partial charge in [0.2, 0.25) is 0 Å². The van der Waals surface area contributed by atoms with E-state index in [-0.39, 0.29) is 6.61 Å². The highest BCUT2D eigenvalue weighted by Gasteiger charge is 2.00. The third kappa shape index (κ3) is 4.30. The molecule has 0 saturated heterocycles. The predicted molar refractivity (Wildman–Crippen MR) is 80.2 cm³/mol. The van der Waals surface area contributed by atoms with Gasteiger partial charge in [0.25, 0.3) is 0 Å². The van der Waals surface area contributed by atoms with Gasteiger partial charge in [0.1, 0.15) is 18.1 Å². The van der Waals surface area contributed by atoms with Gasteiger partial charge in [-0.2, -0.15) is 0 Å². The fraction of sp³-hybridized carbons (Fsp3) is 0.250. The van der Waals surface area contributed by atoms with Crippen LogP contribution in [-0.4, -0.2) is 18.8 Å². The molecule has 3 nitrogen and oxygen atoms in total. The number of rotatable bonds is 5. The Hall–Kier alpha value is -1.96. The Morgan fingerprint density at radius 2 is 1.95 bits per heavy atom. The smallest absolute Gasteiger partial charge is 0.122 e. The standard InChI is InChI=1S/C16H16O3S/c1-18-14-5-7-15(8-6-14)19-11-16-10-13(12-20-16)4-2-3-9-17/h5-8,10,12,17H,3,9,11H2,1H3. The van der Waals surface area contributed by atoms with Crippen molar-refractivity contribution in [3.8, 4) is 23.3 Å². The number of aliphatic hydroxyl groups is 1. The van der Waals surface area contributed by atoms with Gasteiger partial charge < -0.3 is 14.6 Å². The number of ether oxygens (including phenoxy) is 2. The van der Waals surface area contributed by atoms with E-state index in [1.807, 2.05) is 35.7 Å². The number of methoxy groups -OCH3 is 1. The Labute approximate surface area is 122 Å². The quantitative estimate of drug-likeness (QED) is 0.859. The molecule has 0 unspecified atom stereocenters.